The van der Waals surface area contributed by atoms with Crippen LogP contribution in [0.5, 0.6) is 0 Å². The number of aryl methyl sites for hydroxylation is 2. The molecule has 0 atom stereocenters. The Bertz CT molecular complexity index is 624. The third-order valence-corrected chi connectivity index (χ3v) is 3.57. The van der Waals surface area contributed by atoms with E-state index in [1.54, 1.807) is 16.8 Å². The van der Waals surface area contributed by atoms with Crippen molar-refractivity contribution in [3.63, 3.8) is 0 Å². The zero-order valence-corrected chi connectivity index (χ0v) is 12.5. The molecule has 0 saturated carbocycles. The zero-order chi connectivity index (χ0) is 14.7. The summed E-state index contributed by atoms with van der Waals surface area (Å²) in [5.41, 5.74) is 11.0. The van der Waals surface area contributed by atoms with Gasteiger partial charge in [0.15, 0.2) is 5.84 Å². The Morgan fingerprint density at radius 3 is 2.85 bits per heavy atom. The lowest BCUT2D eigenvalue weighted by Gasteiger charge is -2.21. The third kappa shape index (κ3) is 2.88. The SMILES string of the molecule is Cc1cc(C)c(C(N)=NO)c(N(C)Cc2cscn2)n1. The summed E-state index contributed by atoms with van der Waals surface area (Å²) in [5.74, 6) is 0.751. The largest absolute Gasteiger partial charge is 0.409 e. The Balaban J connectivity index is 2.43. The highest BCUT2D eigenvalue weighted by atomic mass is 32.1. The highest BCUT2D eigenvalue weighted by molar-refractivity contribution is 7.07. The van der Waals surface area contributed by atoms with Crippen LogP contribution in [0.2, 0.25) is 0 Å². The van der Waals surface area contributed by atoms with Crippen molar-refractivity contribution in [3.05, 3.63) is 39.5 Å². The monoisotopic (exact) mass is 291 g/mol. The maximum Gasteiger partial charge on any atom is 0.174 e. The summed E-state index contributed by atoms with van der Waals surface area (Å²) in [6.07, 6.45) is 0. The molecule has 2 rings (SSSR count). The van der Waals surface area contributed by atoms with E-state index in [-0.39, 0.29) is 5.84 Å². The second-order valence-corrected chi connectivity index (χ2v) is 5.32. The molecule has 7 heteroatoms. The van der Waals surface area contributed by atoms with Crippen LogP contribution in [-0.2, 0) is 6.54 Å². The molecule has 0 saturated heterocycles. The number of oxime groups is 1. The molecule has 0 spiro atoms. The van der Waals surface area contributed by atoms with E-state index in [1.165, 1.54) is 0 Å². The van der Waals surface area contributed by atoms with Crippen molar-refractivity contribution in [2.45, 2.75) is 20.4 Å². The molecule has 0 fully saturated rings. The third-order valence-electron chi connectivity index (χ3n) is 2.93. The molecular weight excluding hydrogens is 274 g/mol. The van der Waals surface area contributed by atoms with Crippen LogP contribution in [0.4, 0.5) is 5.82 Å². The number of anilines is 1. The van der Waals surface area contributed by atoms with Crippen LogP contribution in [0.1, 0.15) is 22.5 Å². The van der Waals surface area contributed by atoms with Crippen molar-refractivity contribution >= 4 is 23.0 Å². The summed E-state index contributed by atoms with van der Waals surface area (Å²) in [5, 5.41) is 14.0. The summed E-state index contributed by atoms with van der Waals surface area (Å²) in [6, 6.07) is 1.91. The summed E-state index contributed by atoms with van der Waals surface area (Å²) in [7, 11) is 1.91. The molecule has 20 heavy (non-hydrogen) atoms. The number of rotatable bonds is 4. The summed E-state index contributed by atoms with van der Waals surface area (Å²) >= 11 is 1.55. The lowest BCUT2D eigenvalue weighted by molar-refractivity contribution is 0.318. The number of nitrogens with two attached hydrogens (primary N) is 1. The maximum atomic E-state index is 8.95. The molecule has 106 valence electrons. The zero-order valence-electron chi connectivity index (χ0n) is 11.7. The smallest absolute Gasteiger partial charge is 0.174 e. The number of hydrogen-bond acceptors (Lipinski definition) is 6. The highest BCUT2D eigenvalue weighted by Gasteiger charge is 2.17. The van der Waals surface area contributed by atoms with Crippen molar-refractivity contribution < 1.29 is 5.21 Å². The molecule has 2 aromatic heterocycles. The molecule has 0 aromatic carbocycles. The van der Waals surface area contributed by atoms with E-state index in [0.29, 0.717) is 17.9 Å². The van der Waals surface area contributed by atoms with Crippen molar-refractivity contribution in [3.8, 4) is 0 Å². The van der Waals surface area contributed by atoms with Gasteiger partial charge in [-0.15, -0.1) is 11.3 Å². The van der Waals surface area contributed by atoms with Crippen LogP contribution in [-0.4, -0.2) is 28.1 Å². The fourth-order valence-electron chi connectivity index (χ4n) is 2.09. The van der Waals surface area contributed by atoms with Crippen LogP contribution in [0.3, 0.4) is 0 Å². The molecule has 0 bridgehead atoms. The molecule has 3 N–H and O–H groups in total. The Hall–Kier alpha value is -2.15. The van der Waals surface area contributed by atoms with Crippen molar-refractivity contribution in [1.82, 2.24) is 9.97 Å². The van der Waals surface area contributed by atoms with Gasteiger partial charge >= 0.3 is 0 Å². The van der Waals surface area contributed by atoms with Crippen LogP contribution < -0.4 is 10.6 Å². The molecule has 0 aliphatic heterocycles. The first-order valence-corrected chi connectivity index (χ1v) is 7.01. The van der Waals surface area contributed by atoms with Crippen LogP contribution in [0.15, 0.2) is 22.1 Å². The van der Waals surface area contributed by atoms with E-state index in [4.69, 9.17) is 10.9 Å². The fourth-order valence-corrected chi connectivity index (χ4v) is 2.64. The Morgan fingerprint density at radius 2 is 2.25 bits per heavy atom. The molecule has 6 nitrogen and oxygen atoms in total. The van der Waals surface area contributed by atoms with Gasteiger partial charge in [0.2, 0.25) is 0 Å². The molecule has 2 aromatic rings. The number of pyridine rings is 1. The van der Waals surface area contributed by atoms with Gasteiger partial charge in [0.1, 0.15) is 5.82 Å². The van der Waals surface area contributed by atoms with Gasteiger partial charge in [0, 0.05) is 18.1 Å². The first kappa shape index (κ1) is 14.3. The van der Waals surface area contributed by atoms with E-state index >= 15 is 0 Å². The first-order valence-electron chi connectivity index (χ1n) is 6.07. The fraction of sp³-hybridized carbons (Fsp3) is 0.308. The Morgan fingerprint density at radius 1 is 1.50 bits per heavy atom. The van der Waals surface area contributed by atoms with Crippen LogP contribution in [0, 0.1) is 13.8 Å². The first-order chi connectivity index (χ1) is 9.52. The number of aromatic nitrogens is 2. The van der Waals surface area contributed by atoms with Crippen LogP contribution >= 0.6 is 11.3 Å². The molecule has 2 heterocycles. The topological polar surface area (TPSA) is 87.6 Å². The number of nitrogens with zero attached hydrogens (tertiary/aromatic N) is 4. The van der Waals surface area contributed by atoms with Gasteiger partial charge in [0.05, 0.1) is 23.3 Å². The predicted octanol–water partition coefficient (Wildman–Crippen LogP) is 1.89. The average Bonchev–Trinajstić information content (AvgIpc) is 2.89. The Labute approximate surface area is 121 Å². The van der Waals surface area contributed by atoms with Gasteiger partial charge in [-0.3, -0.25) is 0 Å². The van der Waals surface area contributed by atoms with Crippen molar-refractivity contribution in [2.75, 3.05) is 11.9 Å². The lowest BCUT2D eigenvalue weighted by Crippen LogP contribution is -2.25. The van der Waals surface area contributed by atoms with Gasteiger partial charge in [-0.25, -0.2) is 9.97 Å². The van der Waals surface area contributed by atoms with E-state index in [0.717, 1.165) is 17.0 Å². The molecular formula is C13H17N5OS. The van der Waals surface area contributed by atoms with Gasteiger partial charge in [-0.05, 0) is 25.5 Å². The molecule has 0 aliphatic carbocycles. The average molecular weight is 291 g/mol. The quantitative estimate of drug-likeness (QED) is 0.389. The predicted molar refractivity (Wildman–Crippen MR) is 80.4 cm³/mol. The molecule has 0 radical (unpaired) electrons. The summed E-state index contributed by atoms with van der Waals surface area (Å²) in [6.45, 7) is 4.45. The van der Waals surface area contributed by atoms with Crippen molar-refractivity contribution in [1.29, 1.82) is 0 Å². The number of amidine groups is 1. The van der Waals surface area contributed by atoms with Gasteiger partial charge < -0.3 is 15.8 Å². The normalized spacial score (nSPS) is 11.7. The van der Waals surface area contributed by atoms with Gasteiger partial charge in [0.25, 0.3) is 0 Å². The lowest BCUT2D eigenvalue weighted by atomic mass is 10.1. The minimum atomic E-state index is 0.0649. The number of hydrogen-bond donors (Lipinski definition) is 2. The molecule has 0 unspecified atom stereocenters. The summed E-state index contributed by atoms with van der Waals surface area (Å²) < 4.78 is 0. The number of thiazole rings is 1. The van der Waals surface area contributed by atoms with E-state index < -0.39 is 0 Å². The maximum absolute atomic E-state index is 8.95. The van der Waals surface area contributed by atoms with Gasteiger partial charge in [-0.1, -0.05) is 5.16 Å². The second kappa shape index (κ2) is 5.87. The van der Waals surface area contributed by atoms with E-state index in [1.807, 2.05) is 37.2 Å². The molecule has 0 amide bonds. The minimum absolute atomic E-state index is 0.0649. The van der Waals surface area contributed by atoms with Crippen molar-refractivity contribution in [2.24, 2.45) is 10.9 Å². The minimum Gasteiger partial charge on any atom is -0.409 e. The van der Waals surface area contributed by atoms with Gasteiger partial charge in [-0.2, -0.15) is 0 Å². The standard InChI is InChI=1S/C13H17N5OS/c1-8-4-9(2)16-13(11(8)12(14)17-19)18(3)5-10-6-20-7-15-10/h4,6-7,19H,5H2,1-3H3,(H2,14,17). The second-order valence-electron chi connectivity index (χ2n) is 4.60. The highest BCUT2D eigenvalue weighted by Crippen LogP contribution is 2.23. The van der Waals surface area contributed by atoms with Crippen LogP contribution in [0.25, 0.3) is 0 Å². The Kier molecular flexibility index (Phi) is 4.19. The summed E-state index contributed by atoms with van der Waals surface area (Å²) in [4.78, 5) is 10.7. The van der Waals surface area contributed by atoms with E-state index in [2.05, 4.69) is 15.1 Å². The van der Waals surface area contributed by atoms with E-state index in [9.17, 15) is 0 Å². The molecule has 0 aliphatic rings.